The highest BCUT2D eigenvalue weighted by molar-refractivity contribution is 5.74. The van der Waals surface area contributed by atoms with Crippen molar-refractivity contribution in [3.05, 3.63) is 0 Å². The average molecular weight is 216 g/mol. The van der Waals surface area contributed by atoms with Crippen LogP contribution in [-0.4, -0.2) is 41.8 Å². The summed E-state index contributed by atoms with van der Waals surface area (Å²) in [7, 11) is 0. The Hall–Kier alpha value is -0.770. The van der Waals surface area contributed by atoms with Crippen LogP contribution in [0.15, 0.2) is 0 Å². The first-order chi connectivity index (χ1) is 7.13. The molecule has 2 amide bonds. The van der Waals surface area contributed by atoms with Crippen molar-refractivity contribution in [3.8, 4) is 0 Å². The van der Waals surface area contributed by atoms with Crippen LogP contribution in [0.2, 0.25) is 0 Å². The van der Waals surface area contributed by atoms with E-state index in [1.807, 2.05) is 13.8 Å². The molecule has 0 spiro atoms. The van der Waals surface area contributed by atoms with Gasteiger partial charge >= 0.3 is 6.03 Å². The Bertz CT molecular complexity index is 172. The van der Waals surface area contributed by atoms with Crippen LogP contribution >= 0.6 is 0 Å². The first kappa shape index (κ1) is 14.2. The number of hydrogen-bond donors (Lipinski definition) is 2. The molecular formula is C11H24N2O2. The summed E-state index contributed by atoms with van der Waals surface area (Å²) < 4.78 is 0. The van der Waals surface area contributed by atoms with E-state index in [1.165, 1.54) is 0 Å². The molecule has 0 radical (unpaired) electrons. The van der Waals surface area contributed by atoms with E-state index in [0.29, 0.717) is 13.0 Å². The van der Waals surface area contributed by atoms with Crippen LogP contribution in [0, 0.1) is 0 Å². The third-order valence-electron chi connectivity index (χ3n) is 2.25. The quantitative estimate of drug-likeness (QED) is 0.635. The minimum Gasteiger partial charge on any atom is -0.396 e. The van der Waals surface area contributed by atoms with Crippen LogP contribution in [0.5, 0.6) is 0 Å². The Morgan fingerprint density at radius 3 is 2.53 bits per heavy atom. The molecule has 0 saturated carbocycles. The molecule has 15 heavy (non-hydrogen) atoms. The number of amides is 2. The van der Waals surface area contributed by atoms with Crippen molar-refractivity contribution in [2.75, 3.05) is 19.7 Å². The van der Waals surface area contributed by atoms with Gasteiger partial charge in [-0.2, -0.15) is 0 Å². The monoisotopic (exact) mass is 216 g/mol. The van der Waals surface area contributed by atoms with Crippen molar-refractivity contribution in [1.82, 2.24) is 10.2 Å². The number of unbranched alkanes of at least 4 members (excludes halogenated alkanes) is 1. The molecule has 0 aliphatic rings. The van der Waals surface area contributed by atoms with E-state index in [4.69, 9.17) is 5.11 Å². The number of aliphatic hydroxyl groups excluding tert-OH is 1. The van der Waals surface area contributed by atoms with Gasteiger partial charge in [0, 0.05) is 25.7 Å². The number of aliphatic hydroxyl groups is 1. The Morgan fingerprint density at radius 1 is 1.40 bits per heavy atom. The highest BCUT2D eigenvalue weighted by Gasteiger charge is 2.15. The lowest BCUT2D eigenvalue weighted by Gasteiger charge is -2.26. The van der Waals surface area contributed by atoms with Crippen LogP contribution in [0.3, 0.4) is 0 Å². The minimum atomic E-state index is -0.0214. The van der Waals surface area contributed by atoms with Crippen molar-refractivity contribution >= 4 is 6.03 Å². The number of urea groups is 1. The lowest BCUT2D eigenvalue weighted by Crippen LogP contribution is -2.44. The van der Waals surface area contributed by atoms with E-state index >= 15 is 0 Å². The number of nitrogens with one attached hydrogen (secondary N) is 1. The molecule has 0 unspecified atom stereocenters. The highest BCUT2D eigenvalue weighted by atomic mass is 16.3. The Morgan fingerprint density at radius 2 is 2.07 bits per heavy atom. The first-order valence-corrected chi connectivity index (χ1v) is 5.78. The second-order valence-electron chi connectivity index (χ2n) is 3.95. The zero-order valence-electron chi connectivity index (χ0n) is 10.1. The van der Waals surface area contributed by atoms with Crippen molar-refractivity contribution in [2.24, 2.45) is 0 Å². The van der Waals surface area contributed by atoms with Gasteiger partial charge in [-0.3, -0.25) is 0 Å². The van der Waals surface area contributed by atoms with Crippen LogP contribution < -0.4 is 5.32 Å². The second kappa shape index (κ2) is 8.53. The van der Waals surface area contributed by atoms with Gasteiger partial charge in [-0.05, 0) is 26.7 Å². The Labute approximate surface area is 92.7 Å². The predicted octanol–water partition coefficient (Wildman–Crippen LogP) is 1.59. The summed E-state index contributed by atoms with van der Waals surface area (Å²) in [4.78, 5) is 13.5. The highest BCUT2D eigenvalue weighted by Crippen LogP contribution is 2.00. The van der Waals surface area contributed by atoms with Gasteiger partial charge in [-0.1, -0.05) is 13.3 Å². The fourth-order valence-electron chi connectivity index (χ4n) is 1.31. The molecule has 0 rings (SSSR count). The van der Waals surface area contributed by atoms with E-state index in [9.17, 15) is 4.79 Å². The molecule has 0 fully saturated rings. The van der Waals surface area contributed by atoms with Gasteiger partial charge in [0.25, 0.3) is 0 Å². The summed E-state index contributed by atoms with van der Waals surface area (Å²) in [6.45, 7) is 7.54. The van der Waals surface area contributed by atoms with E-state index in [2.05, 4.69) is 12.2 Å². The van der Waals surface area contributed by atoms with E-state index in [1.54, 1.807) is 4.90 Å². The molecule has 0 aliphatic heterocycles. The molecule has 0 aliphatic carbocycles. The van der Waals surface area contributed by atoms with Gasteiger partial charge in [0.1, 0.15) is 0 Å². The van der Waals surface area contributed by atoms with Crippen molar-refractivity contribution < 1.29 is 9.90 Å². The maximum Gasteiger partial charge on any atom is 0.317 e. The smallest absolute Gasteiger partial charge is 0.317 e. The summed E-state index contributed by atoms with van der Waals surface area (Å²) in [6, 6.07) is 0.157. The number of hydrogen-bond acceptors (Lipinski definition) is 2. The van der Waals surface area contributed by atoms with Gasteiger partial charge in [0.15, 0.2) is 0 Å². The summed E-state index contributed by atoms with van der Waals surface area (Å²) >= 11 is 0. The Balaban J connectivity index is 3.93. The molecule has 0 saturated heterocycles. The molecule has 0 atom stereocenters. The fourth-order valence-corrected chi connectivity index (χ4v) is 1.31. The molecule has 0 bridgehead atoms. The van der Waals surface area contributed by atoms with Gasteiger partial charge in [-0.25, -0.2) is 4.79 Å². The zero-order valence-corrected chi connectivity index (χ0v) is 10.1. The van der Waals surface area contributed by atoms with Crippen LogP contribution in [0.4, 0.5) is 4.79 Å². The largest absolute Gasteiger partial charge is 0.396 e. The third-order valence-corrected chi connectivity index (χ3v) is 2.25. The van der Waals surface area contributed by atoms with Crippen LogP contribution in [-0.2, 0) is 0 Å². The average Bonchev–Trinajstić information content (AvgIpc) is 2.18. The maximum atomic E-state index is 11.7. The van der Waals surface area contributed by atoms with Crippen molar-refractivity contribution in [2.45, 2.75) is 46.1 Å². The zero-order chi connectivity index (χ0) is 11.7. The number of carbonyl (C=O) groups is 1. The summed E-state index contributed by atoms with van der Waals surface area (Å²) in [6.07, 6.45) is 2.73. The summed E-state index contributed by atoms with van der Waals surface area (Å²) in [5.41, 5.74) is 0. The number of nitrogens with zero attached hydrogens (tertiary/aromatic N) is 1. The van der Waals surface area contributed by atoms with Crippen LogP contribution in [0.1, 0.15) is 40.0 Å². The summed E-state index contributed by atoms with van der Waals surface area (Å²) in [5.74, 6) is 0. The lowest BCUT2D eigenvalue weighted by atomic mass is 10.3. The van der Waals surface area contributed by atoms with Crippen molar-refractivity contribution in [1.29, 1.82) is 0 Å². The van der Waals surface area contributed by atoms with E-state index < -0.39 is 0 Å². The lowest BCUT2D eigenvalue weighted by molar-refractivity contribution is 0.174. The molecule has 90 valence electrons. The molecule has 4 nitrogen and oxygen atoms in total. The predicted molar refractivity (Wildman–Crippen MR) is 61.9 cm³/mol. The van der Waals surface area contributed by atoms with Gasteiger partial charge in [0.2, 0.25) is 0 Å². The second-order valence-corrected chi connectivity index (χ2v) is 3.95. The normalized spacial score (nSPS) is 10.5. The number of rotatable bonds is 7. The van der Waals surface area contributed by atoms with E-state index in [0.717, 1.165) is 19.4 Å². The van der Waals surface area contributed by atoms with Gasteiger partial charge in [-0.15, -0.1) is 0 Å². The van der Waals surface area contributed by atoms with Gasteiger partial charge in [0.05, 0.1) is 0 Å². The Kier molecular flexibility index (Phi) is 8.09. The fraction of sp³-hybridized carbons (Fsp3) is 0.909. The molecule has 0 aromatic carbocycles. The molecule has 0 heterocycles. The topological polar surface area (TPSA) is 52.6 Å². The van der Waals surface area contributed by atoms with E-state index in [-0.39, 0.29) is 18.7 Å². The standard InChI is InChI=1S/C11H24N2O2/c1-4-5-7-12-11(15)13(10(2)3)8-6-9-14/h10,14H,4-9H2,1-3H3,(H,12,15). The molecular weight excluding hydrogens is 192 g/mol. The summed E-state index contributed by atoms with van der Waals surface area (Å²) in [5, 5.41) is 11.6. The third kappa shape index (κ3) is 6.33. The van der Waals surface area contributed by atoms with Gasteiger partial charge < -0.3 is 15.3 Å². The van der Waals surface area contributed by atoms with Crippen molar-refractivity contribution in [3.63, 3.8) is 0 Å². The molecule has 2 N–H and O–H groups in total. The molecule has 0 aromatic rings. The molecule has 4 heteroatoms. The number of carbonyl (C=O) groups excluding carboxylic acids is 1. The molecule has 0 aromatic heterocycles. The first-order valence-electron chi connectivity index (χ1n) is 5.78. The minimum absolute atomic E-state index is 0.0214. The van der Waals surface area contributed by atoms with Crippen LogP contribution in [0.25, 0.3) is 0 Å². The maximum absolute atomic E-state index is 11.7. The SMILES string of the molecule is CCCCNC(=O)N(CCCO)C(C)C.